The molecule has 0 N–H and O–H groups in total. The van der Waals surface area contributed by atoms with E-state index in [1.54, 1.807) is 0 Å². The monoisotopic (exact) mass is 390 g/mol. The molecule has 0 fully saturated rings. The fourth-order valence-corrected chi connectivity index (χ4v) is 4.18. The van der Waals surface area contributed by atoms with E-state index < -0.39 is 0 Å². The molecule has 2 nitrogen and oxygen atoms in total. The van der Waals surface area contributed by atoms with Gasteiger partial charge < -0.3 is 4.74 Å². The van der Waals surface area contributed by atoms with Crippen LogP contribution in [0.25, 0.3) is 5.57 Å². The van der Waals surface area contributed by atoms with E-state index in [0.717, 1.165) is 23.8 Å². The lowest BCUT2D eigenvalue weighted by Gasteiger charge is -2.27. The number of carbonyl (C=O) groups is 1. The molecule has 0 aliphatic heterocycles. The second kappa shape index (κ2) is 10.4. The Morgan fingerprint density at radius 2 is 1.79 bits per heavy atom. The Hall–Kier alpha value is -2.35. The van der Waals surface area contributed by atoms with Crippen LogP contribution in [-0.4, -0.2) is 5.97 Å². The molecule has 1 aliphatic carbocycles. The highest BCUT2D eigenvalue weighted by atomic mass is 16.5. The molecular formula is C27H34O2. The summed E-state index contributed by atoms with van der Waals surface area (Å²) in [6.07, 6.45) is 11.4. The first kappa shape index (κ1) is 21.4. The molecule has 0 heterocycles. The molecule has 2 unspecified atom stereocenters. The number of unbranched alkanes of at least 4 members (excludes halogenated alkanes) is 2. The Kier molecular flexibility index (Phi) is 7.69. The van der Waals surface area contributed by atoms with Crippen molar-refractivity contribution in [3.8, 4) is 5.75 Å². The van der Waals surface area contributed by atoms with Gasteiger partial charge in [-0.3, -0.25) is 0 Å². The summed E-state index contributed by atoms with van der Waals surface area (Å²) in [7, 11) is 0. The number of aryl methyl sites for hydroxylation is 1. The molecule has 2 heteroatoms. The van der Waals surface area contributed by atoms with Crippen LogP contribution in [0.15, 0.2) is 54.6 Å². The molecule has 154 valence electrons. The Morgan fingerprint density at radius 3 is 2.41 bits per heavy atom. The zero-order valence-electron chi connectivity index (χ0n) is 18.1. The minimum absolute atomic E-state index is 0.306. The summed E-state index contributed by atoms with van der Waals surface area (Å²) >= 11 is 0. The highest BCUT2D eigenvalue weighted by Gasteiger charge is 2.21. The summed E-state index contributed by atoms with van der Waals surface area (Å²) in [6, 6.07) is 15.4. The van der Waals surface area contributed by atoms with Crippen molar-refractivity contribution < 1.29 is 9.53 Å². The van der Waals surface area contributed by atoms with E-state index in [2.05, 4.69) is 32.1 Å². The van der Waals surface area contributed by atoms with Gasteiger partial charge in [0, 0.05) is 0 Å². The fraction of sp³-hybridized carbons (Fsp3) is 0.444. The average Bonchev–Trinajstić information content (AvgIpc) is 2.75. The zero-order valence-corrected chi connectivity index (χ0v) is 18.1. The number of hydrogen-bond acceptors (Lipinski definition) is 2. The Bertz CT molecular complexity index is 815. The van der Waals surface area contributed by atoms with E-state index in [0.29, 0.717) is 11.3 Å². The number of esters is 1. The second-order valence-corrected chi connectivity index (χ2v) is 8.52. The van der Waals surface area contributed by atoms with Gasteiger partial charge in [-0.2, -0.15) is 0 Å². The Labute approximate surface area is 176 Å². The van der Waals surface area contributed by atoms with Crippen molar-refractivity contribution in [2.24, 2.45) is 11.8 Å². The molecule has 0 saturated heterocycles. The Morgan fingerprint density at radius 1 is 1.07 bits per heavy atom. The van der Waals surface area contributed by atoms with E-state index in [1.807, 2.05) is 43.3 Å². The van der Waals surface area contributed by atoms with Crippen LogP contribution in [-0.2, 0) is 0 Å². The van der Waals surface area contributed by atoms with Crippen molar-refractivity contribution >= 4 is 11.5 Å². The number of benzene rings is 2. The van der Waals surface area contributed by atoms with Crippen LogP contribution in [0.5, 0.6) is 5.75 Å². The maximum Gasteiger partial charge on any atom is 0.343 e. The quantitative estimate of drug-likeness (QED) is 0.263. The summed E-state index contributed by atoms with van der Waals surface area (Å²) < 4.78 is 5.47. The third-order valence-electron chi connectivity index (χ3n) is 6.24. The lowest BCUT2D eigenvalue weighted by Crippen LogP contribution is -2.14. The van der Waals surface area contributed by atoms with Crippen molar-refractivity contribution in [2.45, 2.75) is 65.7 Å². The first-order valence-electron chi connectivity index (χ1n) is 11.1. The number of hydrogen-bond donors (Lipinski definition) is 0. The molecule has 0 amide bonds. The second-order valence-electron chi connectivity index (χ2n) is 8.52. The van der Waals surface area contributed by atoms with Crippen molar-refractivity contribution in [3.63, 3.8) is 0 Å². The van der Waals surface area contributed by atoms with Crippen LogP contribution < -0.4 is 4.74 Å². The van der Waals surface area contributed by atoms with Crippen LogP contribution in [0, 0.1) is 18.8 Å². The van der Waals surface area contributed by atoms with Gasteiger partial charge in [-0.25, -0.2) is 4.79 Å². The van der Waals surface area contributed by atoms with Crippen molar-refractivity contribution in [1.29, 1.82) is 0 Å². The summed E-state index contributed by atoms with van der Waals surface area (Å²) in [5, 5.41) is 0. The van der Waals surface area contributed by atoms with Gasteiger partial charge in [0.2, 0.25) is 0 Å². The van der Waals surface area contributed by atoms with Crippen LogP contribution in [0.2, 0.25) is 0 Å². The van der Waals surface area contributed by atoms with E-state index in [9.17, 15) is 4.79 Å². The molecule has 0 aromatic heterocycles. The SMILES string of the molecule is CCCCCC(C)C1CC=C(c2ccc(C(=O)Oc3ccc(C)cc3)cc2)CC1. The van der Waals surface area contributed by atoms with Crippen LogP contribution in [0.1, 0.15) is 80.3 Å². The summed E-state index contributed by atoms with van der Waals surface area (Å²) in [5.74, 6) is 1.91. The van der Waals surface area contributed by atoms with E-state index in [4.69, 9.17) is 4.74 Å². The van der Waals surface area contributed by atoms with Gasteiger partial charge in [0.25, 0.3) is 0 Å². The standard InChI is InChI=1S/C27H34O2/c1-4-5-6-7-21(3)22-10-12-23(13-11-22)24-14-16-25(17-15-24)27(28)29-26-18-8-20(2)9-19-26/h8-9,12,14-19,21-22H,4-7,10-11,13H2,1-3H3. The van der Waals surface area contributed by atoms with Crippen LogP contribution in [0.3, 0.4) is 0 Å². The predicted octanol–water partition coefficient (Wildman–Crippen LogP) is 7.61. The first-order chi connectivity index (χ1) is 14.1. The lowest BCUT2D eigenvalue weighted by molar-refractivity contribution is 0.0734. The summed E-state index contributed by atoms with van der Waals surface area (Å²) in [5.41, 5.74) is 4.38. The van der Waals surface area contributed by atoms with E-state index in [1.165, 1.54) is 49.7 Å². The van der Waals surface area contributed by atoms with Gasteiger partial charge in [0.05, 0.1) is 5.56 Å². The molecule has 0 bridgehead atoms. The molecule has 2 aromatic rings. The van der Waals surface area contributed by atoms with Gasteiger partial charge in [-0.1, -0.05) is 75.4 Å². The number of rotatable bonds is 8. The number of ether oxygens (including phenoxy) is 1. The molecule has 0 saturated carbocycles. The first-order valence-corrected chi connectivity index (χ1v) is 11.1. The molecule has 2 aromatic carbocycles. The maximum absolute atomic E-state index is 12.4. The van der Waals surface area contributed by atoms with Gasteiger partial charge in [-0.15, -0.1) is 0 Å². The molecule has 3 rings (SSSR count). The minimum Gasteiger partial charge on any atom is -0.423 e. The largest absolute Gasteiger partial charge is 0.423 e. The van der Waals surface area contributed by atoms with Crippen molar-refractivity contribution in [1.82, 2.24) is 0 Å². The minimum atomic E-state index is -0.306. The van der Waals surface area contributed by atoms with Gasteiger partial charge in [-0.05, 0) is 73.4 Å². The van der Waals surface area contributed by atoms with Crippen LogP contribution in [0.4, 0.5) is 0 Å². The molecule has 29 heavy (non-hydrogen) atoms. The predicted molar refractivity (Wildman–Crippen MR) is 121 cm³/mol. The average molecular weight is 391 g/mol. The Balaban J connectivity index is 1.56. The van der Waals surface area contributed by atoms with Gasteiger partial charge in [0.15, 0.2) is 0 Å². The van der Waals surface area contributed by atoms with E-state index >= 15 is 0 Å². The highest BCUT2D eigenvalue weighted by molar-refractivity contribution is 5.91. The lowest BCUT2D eigenvalue weighted by atomic mass is 9.78. The summed E-state index contributed by atoms with van der Waals surface area (Å²) in [4.78, 5) is 12.4. The molecule has 2 atom stereocenters. The zero-order chi connectivity index (χ0) is 20.6. The third-order valence-corrected chi connectivity index (χ3v) is 6.24. The molecule has 0 radical (unpaired) electrons. The maximum atomic E-state index is 12.4. The van der Waals surface area contributed by atoms with Crippen molar-refractivity contribution in [3.05, 3.63) is 71.3 Å². The smallest absolute Gasteiger partial charge is 0.343 e. The van der Waals surface area contributed by atoms with Crippen LogP contribution >= 0.6 is 0 Å². The molecule has 1 aliphatic rings. The summed E-state index contributed by atoms with van der Waals surface area (Å²) in [6.45, 7) is 6.71. The molecular weight excluding hydrogens is 356 g/mol. The van der Waals surface area contributed by atoms with Crippen molar-refractivity contribution in [2.75, 3.05) is 0 Å². The number of allylic oxidation sites excluding steroid dienone is 2. The topological polar surface area (TPSA) is 26.3 Å². The van der Waals surface area contributed by atoms with Gasteiger partial charge in [0.1, 0.15) is 5.75 Å². The normalized spacial score (nSPS) is 17.5. The molecule has 0 spiro atoms. The fourth-order valence-electron chi connectivity index (χ4n) is 4.18. The van der Waals surface area contributed by atoms with Gasteiger partial charge >= 0.3 is 5.97 Å². The number of carbonyl (C=O) groups excluding carboxylic acids is 1. The van der Waals surface area contributed by atoms with E-state index in [-0.39, 0.29) is 5.97 Å². The highest BCUT2D eigenvalue weighted by Crippen LogP contribution is 2.35. The third kappa shape index (κ3) is 6.06.